The van der Waals surface area contributed by atoms with Gasteiger partial charge in [-0.1, -0.05) is 0 Å². The van der Waals surface area contributed by atoms with Gasteiger partial charge in [-0.2, -0.15) is 16.6 Å². The molecule has 0 N–H and O–H groups in total. The third-order valence-corrected chi connectivity index (χ3v) is 3.80. The predicted octanol–water partition coefficient (Wildman–Crippen LogP) is 4.22. The standard InChI is InChI=1S/C15H13N3S/c1-10(2)18-14-4-3-11(8-16)7-13(14)17-15(18)12-5-6-19-9-12/h3-7,9-10H,1-2H3. The zero-order valence-corrected chi connectivity index (χ0v) is 11.6. The van der Waals surface area contributed by atoms with Crippen molar-refractivity contribution in [3.63, 3.8) is 0 Å². The average Bonchev–Trinajstić information content (AvgIpc) is 3.04. The molecule has 0 bridgehead atoms. The van der Waals surface area contributed by atoms with Crippen LogP contribution in [-0.4, -0.2) is 9.55 Å². The quantitative estimate of drug-likeness (QED) is 0.697. The Morgan fingerprint density at radius 1 is 1.32 bits per heavy atom. The molecule has 0 unspecified atom stereocenters. The average molecular weight is 267 g/mol. The van der Waals surface area contributed by atoms with Gasteiger partial charge in [0.1, 0.15) is 5.82 Å². The van der Waals surface area contributed by atoms with Crippen molar-refractivity contribution < 1.29 is 0 Å². The summed E-state index contributed by atoms with van der Waals surface area (Å²) < 4.78 is 2.22. The molecule has 0 fully saturated rings. The number of fused-ring (bicyclic) bond motifs is 1. The summed E-state index contributed by atoms with van der Waals surface area (Å²) >= 11 is 1.67. The van der Waals surface area contributed by atoms with Gasteiger partial charge in [0.05, 0.1) is 22.7 Å². The van der Waals surface area contributed by atoms with Crippen molar-refractivity contribution in [3.05, 3.63) is 40.6 Å². The fourth-order valence-corrected chi connectivity index (χ4v) is 2.92. The van der Waals surface area contributed by atoms with E-state index >= 15 is 0 Å². The highest BCUT2D eigenvalue weighted by Crippen LogP contribution is 2.29. The maximum atomic E-state index is 8.98. The SMILES string of the molecule is CC(C)n1c(-c2ccsc2)nc2cc(C#N)ccc21. The molecule has 3 aromatic rings. The second-order valence-electron chi connectivity index (χ2n) is 4.73. The fraction of sp³-hybridized carbons (Fsp3) is 0.200. The Bertz CT molecular complexity index is 761. The summed E-state index contributed by atoms with van der Waals surface area (Å²) in [6.45, 7) is 4.30. The number of hydrogen-bond acceptors (Lipinski definition) is 3. The van der Waals surface area contributed by atoms with Crippen LogP contribution >= 0.6 is 11.3 Å². The number of imidazole rings is 1. The summed E-state index contributed by atoms with van der Waals surface area (Å²) in [5.74, 6) is 0.973. The smallest absolute Gasteiger partial charge is 0.142 e. The molecular weight excluding hydrogens is 254 g/mol. The van der Waals surface area contributed by atoms with Crippen molar-refractivity contribution in [1.82, 2.24) is 9.55 Å². The van der Waals surface area contributed by atoms with Gasteiger partial charge in [0, 0.05) is 17.0 Å². The normalized spacial score (nSPS) is 11.1. The molecule has 0 aliphatic rings. The van der Waals surface area contributed by atoms with Gasteiger partial charge >= 0.3 is 0 Å². The first-order valence-electron chi connectivity index (χ1n) is 6.15. The first kappa shape index (κ1) is 11.9. The van der Waals surface area contributed by atoms with E-state index in [2.05, 4.69) is 41.3 Å². The van der Waals surface area contributed by atoms with Gasteiger partial charge in [-0.05, 0) is 43.5 Å². The van der Waals surface area contributed by atoms with Crippen molar-refractivity contribution >= 4 is 22.4 Å². The number of benzene rings is 1. The lowest BCUT2D eigenvalue weighted by Gasteiger charge is -2.12. The predicted molar refractivity (Wildman–Crippen MR) is 78.1 cm³/mol. The molecule has 3 rings (SSSR count). The molecule has 0 atom stereocenters. The van der Waals surface area contributed by atoms with Crippen LogP contribution in [0.25, 0.3) is 22.4 Å². The third-order valence-electron chi connectivity index (χ3n) is 3.11. The molecule has 3 nitrogen and oxygen atoms in total. The molecule has 0 amide bonds. The van der Waals surface area contributed by atoms with Crippen LogP contribution in [-0.2, 0) is 0 Å². The van der Waals surface area contributed by atoms with E-state index in [0.717, 1.165) is 22.4 Å². The lowest BCUT2D eigenvalue weighted by Crippen LogP contribution is -2.02. The number of hydrogen-bond donors (Lipinski definition) is 0. The zero-order valence-electron chi connectivity index (χ0n) is 10.8. The summed E-state index contributed by atoms with van der Waals surface area (Å²) in [6, 6.07) is 10.3. The van der Waals surface area contributed by atoms with Crippen LogP contribution in [0.2, 0.25) is 0 Å². The van der Waals surface area contributed by atoms with Gasteiger partial charge in [0.15, 0.2) is 0 Å². The first-order valence-corrected chi connectivity index (χ1v) is 7.09. The Morgan fingerprint density at radius 2 is 2.16 bits per heavy atom. The molecule has 19 heavy (non-hydrogen) atoms. The number of aromatic nitrogens is 2. The molecule has 0 radical (unpaired) electrons. The summed E-state index contributed by atoms with van der Waals surface area (Å²) in [7, 11) is 0. The largest absolute Gasteiger partial charge is 0.321 e. The summed E-state index contributed by atoms with van der Waals surface area (Å²) in [5, 5.41) is 13.1. The van der Waals surface area contributed by atoms with Gasteiger partial charge in [-0.25, -0.2) is 4.98 Å². The van der Waals surface area contributed by atoms with E-state index in [-0.39, 0.29) is 0 Å². The molecule has 1 aromatic carbocycles. The maximum Gasteiger partial charge on any atom is 0.142 e. The van der Waals surface area contributed by atoms with Gasteiger partial charge in [0.25, 0.3) is 0 Å². The highest BCUT2D eigenvalue weighted by atomic mass is 32.1. The first-order chi connectivity index (χ1) is 9.20. The molecule has 0 aliphatic carbocycles. The van der Waals surface area contributed by atoms with Crippen molar-refractivity contribution in [2.75, 3.05) is 0 Å². The van der Waals surface area contributed by atoms with Crippen LogP contribution in [0.15, 0.2) is 35.0 Å². The number of rotatable bonds is 2. The van der Waals surface area contributed by atoms with Crippen LogP contribution in [0.5, 0.6) is 0 Å². The molecule has 2 aromatic heterocycles. The fourth-order valence-electron chi connectivity index (χ4n) is 2.29. The Balaban J connectivity index is 2.33. The van der Waals surface area contributed by atoms with Crippen molar-refractivity contribution in [3.8, 4) is 17.5 Å². The van der Waals surface area contributed by atoms with Crippen LogP contribution in [0.4, 0.5) is 0 Å². The van der Waals surface area contributed by atoms with Gasteiger partial charge < -0.3 is 4.57 Å². The Hall–Kier alpha value is -2.12. The molecule has 0 spiro atoms. The molecule has 0 saturated heterocycles. The summed E-state index contributed by atoms with van der Waals surface area (Å²) in [4.78, 5) is 4.70. The van der Waals surface area contributed by atoms with Crippen LogP contribution in [0.1, 0.15) is 25.5 Å². The van der Waals surface area contributed by atoms with E-state index < -0.39 is 0 Å². The molecular formula is C15H13N3S. The zero-order chi connectivity index (χ0) is 13.4. The molecule has 0 aliphatic heterocycles. The van der Waals surface area contributed by atoms with Crippen molar-refractivity contribution in [1.29, 1.82) is 5.26 Å². The highest BCUT2D eigenvalue weighted by molar-refractivity contribution is 7.08. The summed E-state index contributed by atoms with van der Waals surface area (Å²) in [5.41, 5.74) is 3.75. The van der Waals surface area contributed by atoms with E-state index in [1.165, 1.54) is 0 Å². The van der Waals surface area contributed by atoms with E-state index in [9.17, 15) is 0 Å². The topological polar surface area (TPSA) is 41.6 Å². The minimum Gasteiger partial charge on any atom is -0.321 e. The van der Waals surface area contributed by atoms with E-state index in [4.69, 9.17) is 10.2 Å². The Kier molecular flexibility index (Phi) is 2.84. The molecule has 4 heteroatoms. The number of nitrogens with zero attached hydrogens (tertiary/aromatic N) is 3. The minimum atomic E-state index is 0.327. The number of nitriles is 1. The Morgan fingerprint density at radius 3 is 2.79 bits per heavy atom. The molecule has 2 heterocycles. The van der Waals surface area contributed by atoms with Crippen LogP contribution in [0, 0.1) is 11.3 Å². The monoisotopic (exact) mass is 267 g/mol. The van der Waals surface area contributed by atoms with E-state index in [1.54, 1.807) is 11.3 Å². The maximum absolute atomic E-state index is 8.98. The van der Waals surface area contributed by atoms with Gasteiger partial charge in [-0.15, -0.1) is 0 Å². The van der Waals surface area contributed by atoms with Crippen LogP contribution in [0.3, 0.4) is 0 Å². The second-order valence-corrected chi connectivity index (χ2v) is 5.51. The lowest BCUT2D eigenvalue weighted by molar-refractivity contribution is 0.624. The second kappa shape index (κ2) is 4.52. The lowest BCUT2D eigenvalue weighted by atomic mass is 10.2. The number of thiophene rings is 1. The molecule has 94 valence electrons. The van der Waals surface area contributed by atoms with Crippen LogP contribution < -0.4 is 0 Å². The highest BCUT2D eigenvalue weighted by Gasteiger charge is 2.15. The molecule has 0 saturated carbocycles. The Labute approximate surface area is 115 Å². The summed E-state index contributed by atoms with van der Waals surface area (Å²) in [6.07, 6.45) is 0. The minimum absolute atomic E-state index is 0.327. The van der Waals surface area contributed by atoms with Gasteiger partial charge in [-0.3, -0.25) is 0 Å². The van der Waals surface area contributed by atoms with Gasteiger partial charge in [0.2, 0.25) is 0 Å². The van der Waals surface area contributed by atoms with E-state index in [1.807, 2.05) is 18.2 Å². The third kappa shape index (κ3) is 1.92. The van der Waals surface area contributed by atoms with E-state index in [0.29, 0.717) is 11.6 Å². The van der Waals surface area contributed by atoms with Crippen molar-refractivity contribution in [2.45, 2.75) is 19.9 Å². The van der Waals surface area contributed by atoms with Crippen molar-refractivity contribution in [2.24, 2.45) is 0 Å².